The molecule has 1 aliphatic heterocycles. The highest BCUT2D eigenvalue weighted by Gasteiger charge is 2.22. The van der Waals surface area contributed by atoms with Gasteiger partial charge in [0.1, 0.15) is 23.9 Å². The van der Waals surface area contributed by atoms with Crippen LogP contribution in [0.1, 0.15) is 6.42 Å². The van der Waals surface area contributed by atoms with Crippen LogP contribution in [0.3, 0.4) is 0 Å². The van der Waals surface area contributed by atoms with E-state index in [9.17, 15) is 8.78 Å². The summed E-state index contributed by atoms with van der Waals surface area (Å²) in [6, 6.07) is 1.80. The molecule has 0 bridgehead atoms. The van der Waals surface area contributed by atoms with Crippen LogP contribution < -0.4 is 10.1 Å². The van der Waals surface area contributed by atoms with Crippen molar-refractivity contribution in [3.8, 4) is 5.75 Å². The lowest BCUT2D eigenvalue weighted by Gasteiger charge is -2.27. The Labute approximate surface area is 85.7 Å². The summed E-state index contributed by atoms with van der Waals surface area (Å²) >= 11 is 0. The summed E-state index contributed by atoms with van der Waals surface area (Å²) in [6.45, 7) is 0.301. The first-order valence-electron chi connectivity index (χ1n) is 4.70. The Bertz CT molecular complexity index is 371. The van der Waals surface area contributed by atoms with Crippen molar-refractivity contribution in [2.24, 2.45) is 0 Å². The number of rotatable bonds is 2. The number of ether oxygens (including phenoxy) is 1. The molecule has 2 rings (SSSR count). The molecule has 0 aliphatic carbocycles. The van der Waals surface area contributed by atoms with Crippen molar-refractivity contribution >= 4 is 5.69 Å². The molecule has 5 heteroatoms. The van der Waals surface area contributed by atoms with Gasteiger partial charge in [0.2, 0.25) is 0 Å². The van der Waals surface area contributed by atoms with E-state index in [1.807, 2.05) is 0 Å². The second-order valence-corrected chi connectivity index (χ2v) is 3.43. The maximum Gasteiger partial charge on any atom is 0.153 e. The van der Waals surface area contributed by atoms with E-state index >= 15 is 0 Å². The lowest BCUT2D eigenvalue weighted by molar-refractivity contribution is 0.231. The van der Waals surface area contributed by atoms with Crippen LogP contribution in [-0.4, -0.2) is 24.4 Å². The molecule has 0 radical (unpaired) electrons. The summed E-state index contributed by atoms with van der Waals surface area (Å²) < 4.78 is 31.3. The van der Waals surface area contributed by atoms with Crippen molar-refractivity contribution in [2.45, 2.75) is 12.5 Å². The van der Waals surface area contributed by atoms with Crippen LogP contribution in [0.25, 0.3) is 0 Å². The number of benzene rings is 1. The van der Waals surface area contributed by atoms with E-state index < -0.39 is 11.6 Å². The lowest BCUT2D eigenvalue weighted by atomic mass is 10.1. The van der Waals surface area contributed by atoms with Gasteiger partial charge in [-0.3, -0.25) is 0 Å². The molecule has 1 aromatic rings. The first kappa shape index (κ1) is 10.2. The monoisotopic (exact) mass is 215 g/mol. The molecule has 1 aromatic carbocycles. The first-order chi connectivity index (χ1) is 7.20. The number of hydrogen-bond acceptors (Lipinski definition) is 3. The average molecular weight is 215 g/mol. The number of aliphatic hydroxyl groups excluding tert-OH is 1. The molecule has 0 fully saturated rings. The zero-order chi connectivity index (χ0) is 10.8. The molecule has 3 nitrogen and oxygen atoms in total. The van der Waals surface area contributed by atoms with Crippen LogP contribution in [-0.2, 0) is 0 Å². The summed E-state index contributed by atoms with van der Waals surface area (Å²) in [4.78, 5) is 0. The van der Waals surface area contributed by atoms with E-state index in [2.05, 4.69) is 5.32 Å². The number of hydrogen-bond donors (Lipinski definition) is 2. The zero-order valence-corrected chi connectivity index (χ0v) is 7.96. The predicted molar refractivity (Wildman–Crippen MR) is 51.0 cm³/mol. The Morgan fingerprint density at radius 2 is 2.27 bits per heavy atom. The topological polar surface area (TPSA) is 41.5 Å². The van der Waals surface area contributed by atoms with E-state index in [1.54, 1.807) is 0 Å². The van der Waals surface area contributed by atoms with Crippen molar-refractivity contribution in [1.29, 1.82) is 0 Å². The molecule has 1 atom stereocenters. The van der Waals surface area contributed by atoms with Gasteiger partial charge < -0.3 is 15.2 Å². The van der Waals surface area contributed by atoms with Gasteiger partial charge in [0.05, 0.1) is 6.04 Å². The standard InChI is InChI=1S/C10H11F2NO2/c11-6-3-8(12)10-9(4-6)15-5-7(13-10)1-2-14/h3-4,7,13-14H,1-2,5H2. The third-order valence-electron chi connectivity index (χ3n) is 2.28. The van der Waals surface area contributed by atoms with Crippen LogP contribution in [0.4, 0.5) is 14.5 Å². The molecule has 0 aromatic heterocycles. The van der Waals surface area contributed by atoms with Crippen LogP contribution >= 0.6 is 0 Å². The molecule has 82 valence electrons. The quantitative estimate of drug-likeness (QED) is 0.785. The van der Waals surface area contributed by atoms with Gasteiger partial charge in [0, 0.05) is 18.7 Å². The summed E-state index contributed by atoms with van der Waals surface area (Å²) in [5.41, 5.74) is 0.168. The highest BCUT2D eigenvalue weighted by molar-refractivity contribution is 5.59. The van der Waals surface area contributed by atoms with Crippen LogP contribution in [0, 0.1) is 11.6 Å². The number of halogens is 2. The highest BCUT2D eigenvalue weighted by Crippen LogP contribution is 2.32. The minimum atomic E-state index is -0.673. The minimum Gasteiger partial charge on any atom is -0.489 e. The maximum absolute atomic E-state index is 13.3. The summed E-state index contributed by atoms with van der Waals surface area (Å²) in [7, 11) is 0. The normalized spacial score (nSPS) is 19.0. The third kappa shape index (κ3) is 2.02. The Hall–Kier alpha value is -1.36. The Kier molecular flexibility index (Phi) is 2.73. The third-order valence-corrected chi connectivity index (χ3v) is 2.28. The second kappa shape index (κ2) is 4.02. The molecular formula is C10H11F2NO2. The van der Waals surface area contributed by atoms with Gasteiger partial charge in [-0.25, -0.2) is 8.78 Å². The highest BCUT2D eigenvalue weighted by atomic mass is 19.1. The minimum absolute atomic E-state index is 0.000820. The number of nitrogens with one attached hydrogen (secondary N) is 1. The average Bonchev–Trinajstić information content (AvgIpc) is 2.19. The first-order valence-corrected chi connectivity index (χ1v) is 4.70. The Morgan fingerprint density at radius 1 is 1.47 bits per heavy atom. The number of fused-ring (bicyclic) bond motifs is 1. The van der Waals surface area contributed by atoms with Crippen LogP contribution in [0.5, 0.6) is 5.75 Å². The molecule has 15 heavy (non-hydrogen) atoms. The van der Waals surface area contributed by atoms with E-state index in [0.717, 1.165) is 12.1 Å². The molecule has 0 saturated heterocycles. The SMILES string of the molecule is OCCC1COc2cc(F)cc(F)c2N1. The van der Waals surface area contributed by atoms with Crippen molar-refractivity contribution in [3.05, 3.63) is 23.8 Å². The smallest absolute Gasteiger partial charge is 0.153 e. The molecule has 0 saturated carbocycles. The van der Waals surface area contributed by atoms with Crippen molar-refractivity contribution in [2.75, 3.05) is 18.5 Å². The number of anilines is 1. The number of aliphatic hydroxyl groups is 1. The van der Waals surface area contributed by atoms with Gasteiger partial charge in [-0.15, -0.1) is 0 Å². The van der Waals surface area contributed by atoms with Gasteiger partial charge in [0.25, 0.3) is 0 Å². The van der Waals surface area contributed by atoms with Crippen molar-refractivity contribution in [1.82, 2.24) is 0 Å². The second-order valence-electron chi connectivity index (χ2n) is 3.43. The van der Waals surface area contributed by atoms with E-state index in [-0.39, 0.29) is 24.1 Å². The fourth-order valence-corrected chi connectivity index (χ4v) is 1.55. The van der Waals surface area contributed by atoms with E-state index in [1.165, 1.54) is 0 Å². The largest absolute Gasteiger partial charge is 0.489 e. The summed E-state index contributed by atoms with van der Waals surface area (Å²) in [5.74, 6) is -1.15. The van der Waals surface area contributed by atoms with Gasteiger partial charge in [-0.05, 0) is 6.42 Å². The lowest BCUT2D eigenvalue weighted by Crippen LogP contribution is -2.32. The summed E-state index contributed by atoms with van der Waals surface area (Å²) in [6.07, 6.45) is 0.469. The van der Waals surface area contributed by atoms with Gasteiger partial charge in [-0.1, -0.05) is 0 Å². The molecule has 1 aliphatic rings. The fourth-order valence-electron chi connectivity index (χ4n) is 1.55. The molecular weight excluding hydrogens is 204 g/mol. The molecule has 1 unspecified atom stereocenters. The van der Waals surface area contributed by atoms with Crippen LogP contribution in [0.2, 0.25) is 0 Å². The van der Waals surface area contributed by atoms with Gasteiger partial charge in [-0.2, -0.15) is 0 Å². The molecule has 0 amide bonds. The van der Waals surface area contributed by atoms with Crippen LogP contribution in [0.15, 0.2) is 12.1 Å². The Morgan fingerprint density at radius 3 is 3.00 bits per heavy atom. The van der Waals surface area contributed by atoms with E-state index in [0.29, 0.717) is 13.0 Å². The molecule has 0 spiro atoms. The molecule has 1 heterocycles. The Balaban J connectivity index is 2.25. The maximum atomic E-state index is 13.3. The summed E-state index contributed by atoms with van der Waals surface area (Å²) in [5, 5.41) is 11.6. The van der Waals surface area contributed by atoms with Gasteiger partial charge >= 0.3 is 0 Å². The molecule has 2 N–H and O–H groups in total. The van der Waals surface area contributed by atoms with E-state index in [4.69, 9.17) is 9.84 Å². The predicted octanol–water partition coefficient (Wildman–Crippen LogP) is 1.52. The van der Waals surface area contributed by atoms with Crippen molar-refractivity contribution in [3.63, 3.8) is 0 Å². The fraction of sp³-hybridized carbons (Fsp3) is 0.400. The van der Waals surface area contributed by atoms with Gasteiger partial charge in [0.15, 0.2) is 5.82 Å². The van der Waals surface area contributed by atoms with Crippen molar-refractivity contribution < 1.29 is 18.6 Å². The zero-order valence-electron chi connectivity index (χ0n) is 7.96.